The third-order valence-electron chi connectivity index (χ3n) is 11.9. The van der Waals surface area contributed by atoms with Crippen LogP contribution in [0.3, 0.4) is 0 Å². The van der Waals surface area contributed by atoms with Gasteiger partial charge in [-0.25, -0.2) is 16.8 Å². The number of nitrogens with zero attached hydrogens (tertiary/aromatic N) is 3. The summed E-state index contributed by atoms with van der Waals surface area (Å²) in [5.41, 5.74) is 12.0. The number of amides is 2. The summed E-state index contributed by atoms with van der Waals surface area (Å²) < 4.78 is 55.6. The summed E-state index contributed by atoms with van der Waals surface area (Å²) >= 11 is 11.7. The Balaban J connectivity index is 0.000000202. The minimum Gasteiger partial charge on any atom is -0.398 e. The third-order valence-corrected chi connectivity index (χ3v) is 16.2. The standard InChI is InChI=1S/C25H24ClN3O5S.C25H26ClN3O3S/c1-17-5-11-21(35(33,34)28-13-3-2-4-14-28)16-23(17)22-12-10-20(15-24(22)29(31)32)27-25(30)18-6-8-19(26)9-7-18;1-17-5-11-21(33(31,32)29-13-3-2-4-14-29)16-23(17)22-12-10-20(15-24(22)27)28-25(30)18-6-8-19(26)9-7-18/h5-12,15-16H,2-4,13-14H2,1H3,(H,27,30);5-12,15-16H,2-4,13-14,27H2,1H3,(H,28,30). The van der Waals surface area contributed by atoms with Gasteiger partial charge in [-0.15, -0.1) is 0 Å². The monoisotopic (exact) mass is 996 g/mol. The quantitative estimate of drug-likeness (QED) is 0.0641. The molecule has 2 aliphatic heterocycles. The predicted molar refractivity (Wildman–Crippen MR) is 268 cm³/mol. The van der Waals surface area contributed by atoms with Crippen molar-refractivity contribution in [2.75, 3.05) is 42.5 Å². The molecule has 2 amide bonds. The molecule has 0 atom stereocenters. The van der Waals surface area contributed by atoms with Gasteiger partial charge in [-0.05, 0) is 159 Å². The van der Waals surface area contributed by atoms with Crippen molar-refractivity contribution < 1.29 is 31.3 Å². The lowest BCUT2D eigenvalue weighted by Crippen LogP contribution is -2.35. The van der Waals surface area contributed by atoms with Crippen LogP contribution in [0.2, 0.25) is 10.0 Å². The smallest absolute Gasteiger partial charge is 0.279 e. The first-order valence-corrected chi connectivity index (χ1v) is 25.6. The molecule has 2 fully saturated rings. The third kappa shape index (κ3) is 11.6. The fourth-order valence-corrected chi connectivity index (χ4v) is 11.4. The zero-order chi connectivity index (χ0) is 48.8. The molecule has 6 aromatic carbocycles. The van der Waals surface area contributed by atoms with Crippen LogP contribution in [-0.4, -0.2) is 68.4 Å². The summed E-state index contributed by atoms with van der Waals surface area (Å²) in [6.07, 6.45) is 5.45. The van der Waals surface area contributed by atoms with Crippen LogP contribution in [0.1, 0.15) is 70.4 Å². The topological polar surface area (TPSA) is 202 Å². The first-order chi connectivity index (χ1) is 32.4. The van der Waals surface area contributed by atoms with Gasteiger partial charge in [0.2, 0.25) is 20.0 Å². The van der Waals surface area contributed by atoms with Crippen molar-refractivity contribution in [2.24, 2.45) is 0 Å². The van der Waals surface area contributed by atoms with Crippen molar-refractivity contribution in [3.63, 3.8) is 0 Å². The van der Waals surface area contributed by atoms with Crippen LogP contribution in [0.15, 0.2) is 131 Å². The van der Waals surface area contributed by atoms with Crippen molar-refractivity contribution >= 4 is 77.8 Å². The molecule has 68 heavy (non-hydrogen) atoms. The van der Waals surface area contributed by atoms with E-state index in [2.05, 4.69) is 10.6 Å². The molecule has 0 radical (unpaired) electrons. The van der Waals surface area contributed by atoms with E-state index in [4.69, 9.17) is 28.9 Å². The first kappa shape index (κ1) is 49.8. The maximum absolute atomic E-state index is 13.2. The van der Waals surface area contributed by atoms with Crippen molar-refractivity contribution in [2.45, 2.75) is 62.2 Å². The fourth-order valence-electron chi connectivity index (χ4n) is 8.10. The van der Waals surface area contributed by atoms with Crippen LogP contribution in [0.25, 0.3) is 22.3 Å². The molecule has 0 aromatic heterocycles. The summed E-state index contributed by atoms with van der Waals surface area (Å²) in [7, 11) is -7.26. The second kappa shape index (κ2) is 21.4. The van der Waals surface area contributed by atoms with Gasteiger partial charge in [-0.3, -0.25) is 19.7 Å². The lowest BCUT2D eigenvalue weighted by atomic mass is 9.98. The Morgan fingerprint density at radius 2 is 0.941 bits per heavy atom. The van der Waals surface area contributed by atoms with E-state index in [0.717, 1.165) is 49.7 Å². The number of aryl methyl sites for hydroxylation is 2. The molecule has 2 aliphatic rings. The number of carbonyl (C=O) groups is 2. The highest BCUT2D eigenvalue weighted by Crippen LogP contribution is 2.37. The molecule has 2 heterocycles. The Labute approximate surface area is 406 Å². The Bertz CT molecular complexity index is 3090. The summed E-state index contributed by atoms with van der Waals surface area (Å²) in [6.45, 7) is 5.72. The average Bonchev–Trinajstić information content (AvgIpc) is 3.33. The maximum Gasteiger partial charge on any atom is 0.279 e. The molecule has 6 aromatic rings. The van der Waals surface area contributed by atoms with Crippen molar-refractivity contribution in [1.82, 2.24) is 8.61 Å². The Kier molecular flexibility index (Phi) is 15.7. The number of anilines is 3. The largest absolute Gasteiger partial charge is 0.398 e. The van der Waals surface area contributed by atoms with Crippen LogP contribution in [0.4, 0.5) is 22.7 Å². The number of piperidine rings is 2. The van der Waals surface area contributed by atoms with Crippen molar-refractivity contribution in [3.05, 3.63) is 164 Å². The lowest BCUT2D eigenvalue weighted by molar-refractivity contribution is -0.384. The lowest BCUT2D eigenvalue weighted by Gasteiger charge is -2.26. The minimum atomic E-state index is -3.70. The molecule has 2 saturated heterocycles. The zero-order valence-corrected chi connectivity index (χ0v) is 40.5. The highest BCUT2D eigenvalue weighted by atomic mass is 35.5. The van der Waals surface area contributed by atoms with E-state index in [1.165, 1.54) is 28.6 Å². The minimum absolute atomic E-state index is 0.106. The van der Waals surface area contributed by atoms with E-state index in [1.54, 1.807) is 102 Å². The number of hydrogen-bond donors (Lipinski definition) is 3. The summed E-state index contributed by atoms with van der Waals surface area (Å²) in [5, 5.41) is 18.5. The zero-order valence-electron chi connectivity index (χ0n) is 37.4. The number of nitrogens with two attached hydrogens (primary N) is 1. The molecular weight excluding hydrogens is 948 g/mol. The molecule has 18 heteroatoms. The summed E-state index contributed by atoms with van der Waals surface area (Å²) in [5.74, 6) is -0.709. The highest BCUT2D eigenvalue weighted by molar-refractivity contribution is 7.89. The number of halogens is 2. The number of nitrogen functional groups attached to an aromatic ring is 1. The molecule has 0 spiro atoms. The van der Waals surface area contributed by atoms with Gasteiger partial charge in [-0.2, -0.15) is 8.61 Å². The average molecular weight is 998 g/mol. The molecular formula is C50H50Cl2N6O8S2. The number of nitro benzene ring substituents is 1. The maximum atomic E-state index is 13.2. The van der Waals surface area contributed by atoms with E-state index in [0.29, 0.717) is 75.4 Å². The molecule has 0 bridgehead atoms. The Hall–Kier alpha value is -6.14. The first-order valence-electron chi connectivity index (χ1n) is 22.0. The van der Waals surface area contributed by atoms with E-state index in [1.807, 2.05) is 13.0 Å². The molecule has 0 saturated carbocycles. The van der Waals surface area contributed by atoms with E-state index < -0.39 is 30.9 Å². The van der Waals surface area contributed by atoms with E-state index >= 15 is 0 Å². The molecule has 0 unspecified atom stereocenters. The van der Waals surface area contributed by atoms with E-state index in [-0.39, 0.29) is 32.6 Å². The highest BCUT2D eigenvalue weighted by Gasteiger charge is 2.29. The molecule has 14 nitrogen and oxygen atoms in total. The SMILES string of the molecule is Cc1ccc(S(=O)(=O)N2CCCCC2)cc1-c1ccc(NC(=O)c2ccc(Cl)cc2)cc1N.Cc1ccc(S(=O)(=O)N2CCCCC2)cc1-c1ccc(NC(=O)c2ccc(Cl)cc2)cc1[N+](=O)[O-]. The van der Waals surface area contributed by atoms with Crippen LogP contribution < -0.4 is 16.4 Å². The van der Waals surface area contributed by atoms with E-state index in [9.17, 15) is 36.5 Å². The molecule has 4 N–H and O–H groups in total. The van der Waals surface area contributed by atoms with Gasteiger partial charge >= 0.3 is 0 Å². The van der Waals surface area contributed by atoms with Gasteiger partial charge in [0, 0.05) is 76.0 Å². The van der Waals surface area contributed by atoms with Gasteiger partial charge in [0.05, 0.1) is 20.3 Å². The van der Waals surface area contributed by atoms with Gasteiger partial charge < -0.3 is 16.4 Å². The normalized spacial score (nSPS) is 14.6. The predicted octanol–water partition coefficient (Wildman–Crippen LogP) is 11.0. The Morgan fingerprint density at radius 1 is 0.544 bits per heavy atom. The fraction of sp³-hybridized carbons (Fsp3) is 0.240. The number of nitro groups is 1. The van der Waals surface area contributed by atoms with Crippen LogP contribution in [0, 0.1) is 24.0 Å². The van der Waals surface area contributed by atoms with Crippen molar-refractivity contribution in [1.29, 1.82) is 0 Å². The molecule has 0 aliphatic carbocycles. The number of benzene rings is 6. The number of sulfonamides is 2. The van der Waals surface area contributed by atoms with Gasteiger partial charge in [0.15, 0.2) is 0 Å². The number of carbonyl (C=O) groups excluding carboxylic acids is 2. The van der Waals surface area contributed by atoms with Crippen LogP contribution >= 0.6 is 23.2 Å². The van der Waals surface area contributed by atoms with Crippen LogP contribution in [-0.2, 0) is 20.0 Å². The summed E-state index contributed by atoms with van der Waals surface area (Å²) in [4.78, 5) is 36.8. The number of nitrogens with one attached hydrogen (secondary N) is 2. The molecule has 354 valence electrons. The van der Waals surface area contributed by atoms with Gasteiger partial charge in [0.1, 0.15) is 0 Å². The Morgan fingerprint density at radius 3 is 1.35 bits per heavy atom. The van der Waals surface area contributed by atoms with Gasteiger partial charge in [0.25, 0.3) is 17.5 Å². The summed E-state index contributed by atoms with van der Waals surface area (Å²) in [6, 6.07) is 32.3. The second-order valence-electron chi connectivity index (χ2n) is 16.6. The van der Waals surface area contributed by atoms with Crippen molar-refractivity contribution in [3.8, 4) is 22.3 Å². The number of rotatable bonds is 11. The number of hydrogen-bond acceptors (Lipinski definition) is 9. The second-order valence-corrected chi connectivity index (χ2v) is 21.3. The van der Waals surface area contributed by atoms with Gasteiger partial charge in [-0.1, -0.05) is 54.2 Å². The molecule has 8 rings (SSSR count). The van der Waals surface area contributed by atoms with Crippen LogP contribution in [0.5, 0.6) is 0 Å².